The SMILES string of the molecule is CC(C)(N)O.CCCC.CCN(CC)CC.NCCO.[LiH]. The van der Waals surface area contributed by atoms with Gasteiger partial charge in [0.05, 0.1) is 6.61 Å². The summed E-state index contributed by atoms with van der Waals surface area (Å²) in [5.41, 5.74) is 8.69. The van der Waals surface area contributed by atoms with Gasteiger partial charge in [-0.1, -0.05) is 47.5 Å². The molecule has 21 heavy (non-hydrogen) atoms. The van der Waals surface area contributed by atoms with Crippen molar-refractivity contribution in [3.8, 4) is 0 Å². The molecule has 0 heterocycles. The van der Waals surface area contributed by atoms with Gasteiger partial charge in [0, 0.05) is 6.54 Å². The molecule has 0 aliphatic heterocycles. The average molecular weight is 303 g/mol. The van der Waals surface area contributed by atoms with E-state index in [4.69, 9.17) is 21.7 Å². The molecule has 5 nitrogen and oxygen atoms in total. The summed E-state index contributed by atoms with van der Waals surface area (Å²) in [6.07, 6.45) is 2.64. The van der Waals surface area contributed by atoms with Crippen LogP contribution >= 0.6 is 0 Å². The first-order chi connectivity index (χ1) is 9.17. The molecule has 130 valence electrons. The molecule has 0 unspecified atom stereocenters. The van der Waals surface area contributed by atoms with Crippen LogP contribution in [0, 0.1) is 0 Å². The summed E-state index contributed by atoms with van der Waals surface area (Å²) in [5, 5.41) is 16.0. The second-order valence-electron chi connectivity index (χ2n) is 4.79. The van der Waals surface area contributed by atoms with E-state index in [-0.39, 0.29) is 25.5 Å². The van der Waals surface area contributed by atoms with Gasteiger partial charge < -0.3 is 26.6 Å². The molecular formula is C15H42LiN3O2. The molecule has 0 bridgehead atoms. The molecule has 6 N–H and O–H groups in total. The quantitative estimate of drug-likeness (QED) is 0.451. The molecule has 0 rings (SSSR count). The zero-order valence-electron chi connectivity index (χ0n) is 14.9. The Labute approximate surface area is 145 Å². The summed E-state index contributed by atoms with van der Waals surface area (Å²) in [5.74, 6) is 0. The van der Waals surface area contributed by atoms with Gasteiger partial charge in [0.25, 0.3) is 0 Å². The standard InChI is InChI=1S/C6H15N.C4H10.C3H9NO.C2H7NO.Li.H/c1-4-7(5-2)6-3;1-3-4-2;1-3(2,4)5;3-1-2-4;;/h4-6H2,1-3H3;3-4H2,1-2H3;5H,4H2,1-2H3;4H,1-3H2;;. The molecule has 0 radical (unpaired) electrons. The van der Waals surface area contributed by atoms with Crippen molar-refractivity contribution in [3.05, 3.63) is 0 Å². The Morgan fingerprint density at radius 1 is 0.905 bits per heavy atom. The predicted molar refractivity (Wildman–Crippen MR) is 97.8 cm³/mol. The summed E-state index contributed by atoms with van der Waals surface area (Å²) in [4.78, 5) is 2.38. The van der Waals surface area contributed by atoms with Crippen molar-refractivity contribution >= 4 is 18.9 Å². The average Bonchev–Trinajstić information content (AvgIpc) is 2.39. The van der Waals surface area contributed by atoms with Gasteiger partial charge in [0.1, 0.15) is 5.72 Å². The molecular weight excluding hydrogens is 261 g/mol. The van der Waals surface area contributed by atoms with E-state index in [2.05, 4.69) is 39.5 Å². The maximum absolute atomic E-state index is 8.30. The number of nitrogens with zero attached hydrogens (tertiary/aromatic N) is 1. The van der Waals surface area contributed by atoms with Gasteiger partial charge in [-0.2, -0.15) is 0 Å². The van der Waals surface area contributed by atoms with Crippen LogP contribution in [0.4, 0.5) is 0 Å². The predicted octanol–water partition coefficient (Wildman–Crippen LogP) is 1.12. The van der Waals surface area contributed by atoms with E-state index in [0.29, 0.717) is 6.54 Å². The molecule has 6 heteroatoms. The van der Waals surface area contributed by atoms with Crippen LogP contribution in [0.1, 0.15) is 61.3 Å². The molecule has 0 saturated heterocycles. The van der Waals surface area contributed by atoms with Crippen LogP contribution in [0.3, 0.4) is 0 Å². The minimum atomic E-state index is -1.00. The third-order valence-corrected chi connectivity index (χ3v) is 1.97. The van der Waals surface area contributed by atoms with Crippen molar-refractivity contribution in [2.45, 2.75) is 67.0 Å². The van der Waals surface area contributed by atoms with Crippen LogP contribution in [0.5, 0.6) is 0 Å². The normalized spacial score (nSPS) is 9.14. The van der Waals surface area contributed by atoms with Crippen LogP contribution < -0.4 is 11.5 Å². The second-order valence-corrected chi connectivity index (χ2v) is 4.79. The fourth-order valence-corrected chi connectivity index (χ4v) is 0.671. The number of aliphatic hydroxyl groups is 2. The summed E-state index contributed by atoms with van der Waals surface area (Å²) < 4.78 is 0. The van der Waals surface area contributed by atoms with Gasteiger partial charge in [0.2, 0.25) is 0 Å². The van der Waals surface area contributed by atoms with Gasteiger partial charge in [-0.05, 0) is 33.5 Å². The minimum absolute atomic E-state index is 0. The molecule has 0 spiro atoms. The van der Waals surface area contributed by atoms with E-state index in [1.165, 1.54) is 46.3 Å². The van der Waals surface area contributed by atoms with E-state index < -0.39 is 5.72 Å². The van der Waals surface area contributed by atoms with Crippen molar-refractivity contribution in [3.63, 3.8) is 0 Å². The molecule has 0 amide bonds. The van der Waals surface area contributed by atoms with Crippen LogP contribution in [0.2, 0.25) is 0 Å². The second kappa shape index (κ2) is 28.5. The first-order valence-corrected chi connectivity index (χ1v) is 7.72. The number of hydrogen-bond acceptors (Lipinski definition) is 5. The third kappa shape index (κ3) is 97.9. The van der Waals surface area contributed by atoms with Crippen LogP contribution in [-0.2, 0) is 0 Å². The summed E-state index contributed by atoms with van der Waals surface area (Å²) in [6, 6.07) is 0. The van der Waals surface area contributed by atoms with Gasteiger partial charge in [-0.3, -0.25) is 0 Å². The van der Waals surface area contributed by atoms with E-state index in [0.717, 1.165) is 0 Å². The monoisotopic (exact) mass is 303 g/mol. The van der Waals surface area contributed by atoms with Crippen molar-refractivity contribution in [2.24, 2.45) is 11.5 Å². The Balaban J connectivity index is -0.0000000550. The molecule has 0 atom stereocenters. The Morgan fingerprint density at radius 2 is 1.10 bits per heavy atom. The maximum atomic E-state index is 8.30. The molecule has 0 aliphatic rings. The number of hydrogen-bond donors (Lipinski definition) is 4. The molecule has 0 fully saturated rings. The molecule has 0 aromatic heterocycles. The fraction of sp³-hybridized carbons (Fsp3) is 1.00. The van der Waals surface area contributed by atoms with Crippen LogP contribution in [-0.4, -0.2) is 72.5 Å². The van der Waals surface area contributed by atoms with Crippen molar-refractivity contribution in [2.75, 3.05) is 32.8 Å². The van der Waals surface area contributed by atoms with E-state index in [1.807, 2.05) is 0 Å². The van der Waals surface area contributed by atoms with Gasteiger partial charge in [-0.15, -0.1) is 0 Å². The van der Waals surface area contributed by atoms with E-state index in [1.54, 1.807) is 0 Å². The Bertz CT molecular complexity index is 122. The molecule has 0 aliphatic carbocycles. The molecule has 0 aromatic carbocycles. The van der Waals surface area contributed by atoms with E-state index >= 15 is 0 Å². The van der Waals surface area contributed by atoms with Gasteiger partial charge >= 0.3 is 18.9 Å². The third-order valence-electron chi connectivity index (χ3n) is 1.97. The first-order valence-electron chi connectivity index (χ1n) is 7.72. The zero-order valence-corrected chi connectivity index (χ0v) is 14.9. The van der Waals surface area contributed by atoms with Crippen molar-refractivity contribution in [1.29, 1.82) is 0 Å². The Kier molecular flexibility index (Phi) is 45.0. The van der Waals surface area contributed by atoms with Gasteiger partial charge in [-0.25, -0.2) is 0 Å². The number of rotatable bonds is 5. The molecule has 0 saturated carbocycles. The van der Waals surface area contributed by atoms with Crippen LogP contribution in [0.15, 0.2) is 0 Å². The topological polar surface area (TPSA) is 95.7 Å². The van der Waals surface area contributed by atoms with Crippen LogP contribution in [0.25, 0.3) is 0 Å². The zero-order chi connectivity index (χ0) is 17.0. The van der Waals surface area contributed by atoms with Crippen molar-refractivity contribution in [1.82, 2.24) is 4.90 Å². The first kappa shape index (κ1) is 33.1. The summed E-state index contributed by atoms with van der Waals surface area (Å²) >= 11 is 0. The number of nitrogens with two attached hydrogens (primary N) is 2. The number of aliphatic hydroxyl groups excluding tert-OH is 1. The number of unbranched alkanes of at least 4 members (excludes halogenated alkanes) is 1. The van der Waals surface area contributed by atoms with E-state index in [9.17, 15) is 0 Å². The fourth-order valence-electron chi connectivity index (χ4n) is 0.671. The van der Waals surface area contributed by atoms with Crippen molar-refractivity contribution < 1.29 is 10.2 Å². The summed E-state index contributed by atoms with van der Waals surface area (Å²) in [7, 11) is 0. The van der Waals surface area contributed by atoms with Gasteiger partial charge in [0.15, 0.2) is 0 Å². The summed E-state index contributed by atoms with van der Waals surface area (Å²) in [6.45, 7) is 18.0. The Morgan fingerprint density at radius 3 is 1.10 bits per heavy atom. The Hall–Kier alpha value is 0.397. The molecule has 0 aromatic rings.